The zero-order chi connectivity index (χ0) is 27.1. The summed E-state index contributed by atoms with van der Waals surface area (Å²) in [6.07, 6.45) is 3.17. The number of benzene rings is 3. The van der Waals surface area contributed by atoms with Crippen molar-refractivity contribution >= 4 is 12.0 Å². The molecule has 192 valence electrons. The van der Waals surface area contributed by atoms with Gasteiger partial charge in [-0.25, -0.2) is 4.39 Å². The maximum absolute atomic E-state index is 14.3. The Hall–Kier alpha value is -4.90. The molecule has 1 atom stereocenters. The summed E-state index contributed by atoms with van der Waals surface area (Å²) in [6, 6.07) is 22.9. The summed E-state index contributed by atoms with van der Waals surface area (Å²) in [5.74, 6) is 0.188. The molecule has 1 heterocycles. The Morgan fingerprint density at radius 2 is 1.79 bits per heavy atom. The average Bonchev–Trinajstić information content (AvgIpc) is 3.34. The van der Waals surface area contributed by atoms with E-state index < -0.39 is 5.91 Å². The number of ether oxygens (including phenoxy) is 2. The van der Waals surface area contributed by atoms with E-state index in [-0.39, 0.29) is 24.0 Å². The van der Waals surface area contributed by atoms with Gasteiger partial charge in [0.1, 0.15) is 17.5 Å². The summed E-state index contributed by atoms with van der Waals surface area (Å²) < 4.78 is 26.7. The van der Waals surface area contributed by atoms with E-state index in [0.29, 0.717) is 33.9 Å². The average molecular weight is 511 g/mol. The third-order valence-electron chi connectivity index (χ3n) is 6.05. The number of aromatic nitrogens is 2. The minimum absolute atomic E-state index is 0.0834. The second-order valence-electron chi connectivity index (χ2n) is 8.57. The van der Waals surface area contributed by atoms with Crippen molar-refractivity contribution in [2.45, 2.75) is 19.5 Å². The number of rotatable bonds is 9. The Labute approximate surface area is 220 Å². The summed E-state index contributed by atoms with van der Waals surface area (Å²) in [6.45, 7) is 2.02. The molecule has 38 heavy (non-hydrogen) atoms. The third-order valence-corrected chi connectivity index (χ3v) is 6.05. The molecule has 0 aliphatic heterocycles. The number of nitrogens with one attached hydrogen (secondary N) is 1. The van der Waals surface area contributed by atoms with E-state index in [1.165, 1.54) is 19.3 Å². The van der Waals surface area contributed by atoms with Gasteiger partial charge < -0.3 is 14.8 Å². The van der Waals surface area contributed by atoms with Gasteiger partial charge in [-0.3, -0.25) is 9.48 Å². The van der Waals surface area contributed by atoms with E-state index in [4.69, 9.17) is 9.47 Å². The highest BCUT2D eigenvalue weighted by atomic mass is 19.1. The quantitative estimate of drug-likeness (QED) is 0.236. The minimum Gasteiger partial charge on any atom is -0.493 e. The predicted octanol–water partition coefficient (Wildman–Crippen LogP) is 5.54. The topological polar surface area (TPSA) is 89.2 Å². The van der Waals surface area contributed by atoms with Crippen molar-refractivity contribution in [2.75, 3.05) is 14.2 Å². The van der Waals surface area contributed by atoms with Crippen LogP contribution in [0, 0.1) is 17.1 Å². The second kappa shape index (κ2) is 11.9. The molecule has 0 aliphatic rings. The van der Waals surface area contributed by atoms with E-state index in [0.717, 1.165) is 5.56 Å². The van der Waals surface area contributed by atoms with Crippen molar-refractivity contribution in [1.82, 2.24) is 15.1 Å². The van der Waals surface area contributed by atoms with Gasteiger partial charge in [0.15, 0.2) is 11.5 Å². The van der Waals surface area contributed by atoms with Crippen molar-refractivity contribution in [3.05, 3.63) is 107 Å². The molecule has 0 saturated carbocycles. The van der Waals surface area contributed by atoms with Crippen molar-refractivity contribution < 1.29 is 18.7 Å². The largest absolute Gasteiger partial charge is 0.493 e. The molecule has 0 radical (unpaired) electrons. The summed E-state index contributed by atoms with van der Waals surface area (Å²) >= 11 is 0. The van der Waals surface area contributed by atoms with E-state index >= 15 is 0 Å². The number of halogens is 1. The third kappa shape index (κ3) is 5.90. The number of amides is 1. The monoisotopic (exact) mass is 510 g/mol. The summed E-state index contributed by atoms with van der Waals surface area (Å²) in [4.78, 5) is 13.0. The van der Waals surface area contributed by atoms with Crippen LogP contribution in [0.5, 0.6) is 11.5 Å². The first-order valence-electron chi connectivity index (χ1n) is 11.9. The lowest BCUT2D eigenvalue weighted by molar-refractivity contribution is -0.117. The number of nitriles is 1. The Kier molecular flexibility index (Phi) is 8.19. The highest BCUT2D eigenvalue weighted by molar-refractivity contribution is 6.02. The van der Waals surface area contributed by atoms with Crippen LogP contribution in [-0.4, -0.2) is 29.9 Å². The molecule has 1 aromatic heterocycles. The van der Waals surface area contributed by atoms with Crippen molar-refractivity contribution in [2.24, 2.45) is 0 Å². The second-order valence-corrected chi connectivity index (χ2v) is 8.57. The van der Waals surface area contributed by atoms with Crippen LogP contribution in [0.4, 0.5) is 4.39 Å². The molecule has 0 fully saturated rings. The number of nitrogens with zero attached hydrogens (tertiary/aromatic N) is 3. The molecule has 4 aromatic rings. The van der Waals surface area contributed by atoms with E-state index in [2.05, 4.69) is 10.4 Å². The fourth-order valence-electron chi connectivity index (χ4n) is 4.04. The smallest absolute Gasteiger partial charge is 0.262 e. The molecule has 0 bridgehead atoms. The molecule has 0 saturated heterocycles. The fraction of sp³-hybridized carbons (Fsp3) is 0.167. The SMILES string of the molecule is COc1ccc(-c2nn(Cc3ccccc3F)cc2/C=C(\C#N)C(=O)N[C@H](C)c2ccccc2)cc1OC. The normalized spacial score (nSPS) is 11.9. The van der Waals surface area contributed by atoms with Gasteiger partial charge in [0.25, 0.3) is 5.91 Å². The summed E-state index contributed by atoms with van der Waals surface area (Å²) in [5, 5.41) is 17.4. The Balaban J connectivity index is 1.73. The first-order valence-corrected chi connectivity index (χ1v) is 11.9. The lowest BCUT2D eigenvalue weighted by Crippen LogP contribution is -2.27. The minimum atomic E-state index is -0.510. The van der Waals surface area contributed by atoms with Gasteiger partial charge in [-0.1, -0.05) is 48.5 Å². The van der Waals surface area contributed by atoms with Crippen LogP contribution in [0.25, 0.3) is 17.3 Å². The highest BCUT2D eigenvalue weighted by Gasteiger charge is 2.18. The van der Waals surface area contributed by atoms with Crippen LogP contribution < -0.4 is 14.8 Å². The van der Waals surface area contributed by atoms with Gasteiger partial charge >= 0.3 is 0 Å². The molecular formula is C30H27FN4O3. The number of carbonyl (C=O) groups is 1. The molecule has 0 unspecified atom stereocenters. The molecule has 7 nitrogen and oxygen atoms in total. The molecule has 8 heteroatoms. The van der Waals surface area contributed by atoms with Crippen LogP contribution in [0.15, 0.2) is 84.6 Å². The van der Waals surface area contributed by atoms with Crippen LogP contribution in [0.1, 0.15) is 29.7 Å². The van der Waals surface area contributed by atoms with Crippen LogP contribution in [0.2, 0.25) is 0 Å². The van der Waals surface area contributed by atoms with Crippen LogP contribution in [-0.2, 0) is 11.3 Å². The van der Waals surface area contributed by atoms with Crippen LogP contribution >= 0.6 is 0 Å². The predicted molar refractivity (Wildman–Crippen MR) is 143 cm³/mol. The maximum Gasteiger partial charge on any atom is 0.262 e. The van der Waals surface area contributed by atoms with Crippen molar-refractivity contribution in [3.8, 4) is 28.8 Å². The van der Waals surface area contributed by atoms with E-state index in [1.54, 1.807) is 54.4 Å². The highest BCUT2D eigenvalue weighted by Crippen LogP contribution is 2.34. The zero-order valence-corrected chi connectivity index (χ0v) is 21.3. The van der Waals surface area contributed by atoms with Crippen LogP contribution in [0.3, 0.4) is 0 Å². The Morgan fingerprint density at radius 3 is 2.47 bits per heavy atom. The van der Waals surface area contributed by atoms with E-state index in [1.807, 2.05) is 43.3 Å². The first-order chi connectivity index (χ1) is 18.4. The lowest BCUT2D eigenvalue weighted by Gasteiger charge is -2.13. The standard InChI is InChI=1S/C30H27FN4O3/c1-20(21-9-5-4-6-10-21)33-30(36)24(17-32)15-25-19-35(18-23-11-7-8-12-26(23)31)34-29(25)22-13-14-27(37-2)28(16-22)38-3/h4-16,19-20H,18H2,1-3H3,(H,33,36)/b24-15+/t20-/m1/s1. The van der Waals surface area contributed by atoms with Gasteiger partial charge in [-0.2, -0.15) is 10.4 Å². The molecule has 4 rings (SSSR count). The maximum atomic E-state index is 14.3. The van der Waals surface area contributed by atoms with Gasteiger partial charge in [-0.05, 0) is 42.8 Å². The number of hydrogen-bond donors (Lipinski definition) is 1. The first kappa shape index (κ1) is 26.2. The van der Waals surface area contributed by atoms with Gasteiger partial charge in [-0.15, -0.1) is 0 Å². The van der Waals surface area contributed by atoms with Crippen molar-refractivity contribution in [1.29, 1.82) is 5.26 Å². The number of hydrogen-bond acceptors (Lipinski definition) is 5. The lowest BCUT2D eigenvalue weighted by atomic mass is 10.0. The molecule has 1 amide bonds. The Bertz CT molecular complexity index is 1510. The number of methoxy groups -OCH3 is 2. The molecule has 3 aromatic carbocycles. The molecular weight excluding hydrogens is 483 g/mol. The van der Waals surface area contributed by atoms with Crippen molar-refractivity contribution in [3.63, 3.8) is 0 Å². The number of carbonyl (C=O) groups excluding carboxylic acids is 1. The van der Waals surface area contributed by atoms with E-state index in [9.17, 15) is 14.4 Å². The summed E-state index contributed by atoms with van der Waals surface area (Å²) in [5.41, 5.74) is 2.99. The van der Waals surface area contributed by atoms with Gasteiger partial charge in [0.2, 0.25) is 0 Å². The molecule has 0 spiro atoms. The van der Waals surface area contributed by atoms with Gasteiger partial charge in [0, 0.05) is 22.9 Å². The van der Waals surface area contributed by atoms with Gasteiger partial charge in [0.05, 0.1) is 32.5 Å². The fourth-order valence-corrected chi connectivity index (χ4v) is 4.04. The summed E-state index contributed by atoms with van der Waals surface area (Å²) in [7, 11) is 3.08. The zero-order valence-electron chi connectivity index (χ0n) is 21.3. The molecule has 1 N–H and O–H groups in total. The Morgan fingerprint density at radius 1 is 1.08 bits per heavy atom. The molecule has 0 aliphatic carbocycles.